The molecule has 8 heteroatoms. The first-order valence-electron chi connectivity index (χ1n) is 13.0. The van der Waals surface area contributed by atoms with Gasteiger partial charge in [-0.25, -0.2) is 14.0 Å². The third kappa shape index (κ3) is 2.82. The summed E-state index contributed by atoms with van der Waals surface area (Å²) in [6, 6.07) is 6.69. The van der Waals surface area contributed by atoms with E-state index in [0.29, 0.717) is 18.4 Å². The van der Waals surface area contributed by atoms with E-state index >= 15 is 4.39 Å². The Morgan fingerprint density at radius 2 is 1.86 bits per heavy atom. The van der Waals surface area contributed by atoms with Gasteiger partial charge in [-0.3, -0.25) is 4.79 Å². The smallest absolute Gasteiger partial charge is 0.349 e. The molecule has 2 N–H and O–H groups in total. The summed E-state index contributed by atoms with van der Waals surface area (Å²) in [5, 5.41) is 13.7. The molecule has 9 atom stereocenters. The van der Waals surface area contributed by atoms with Gasteiger partial charge in [-0.2, -0.15) is 0 Å². The molecule has 4 aliphatic carbocycles. The monoisotopic (exact) mass is 509 g/mol. The molecule has 0 aromatic heterocycles. The Hall–Kier alpha value is -3.00. The predicted molar refractivity (Wildman–Crippen MR) is 133 cm³/mol. The van der Waals surface area contributed by atoms with Crippen LogP contribution in [0.15, 0.2) is 48.1 Å². The van der Waals surface area contributed by atoms with E-state index in [1.807, 2.05) is 20.8 Å². The van der Waals surface area contributed by atoms with Crippen molar-refractivity contribution in [1.29, 1.82) is 0 Å². The molecule has 1 saturated heterocycles. The first-order valence-corrected chi connectivity index (χ1v) is 13.0. The van der Waals surface area contributed by atoms with Crippen molar-refractivity contribution in [1.82, 2.24) is 0 Å². The molecule has 0 bridgehead atoms. The Kier molecular flexibility index (Phi) is 4.95. The van der Waals surface area contributed by atoms with Gasteiger partial charge < -0.3 is 19.9 Å². The fraction of sp³-hybridized carbons (Fsp3) is 0.552. The molecule has 1 heterocycles. The van der Waals surface area contributed by atoms with Gasteiger partial charge in [0.2, 0.25) is 5.60 Å². The molecule has 37 heavy (non-hydrogen) atoms. The maximum Gasteiger partial charge on any atom is 0.349 e. The van der Waals surface area contributed by atoms with Crippen LogP contribution in [0, 0.1) is 28.6 Å². The highest BCUT2D eigenvalue weighted by molar-refractivity contribution is 6.01. The van der Waals surface area contributed by atoms with Crippen LogP contribution in [0.4, 0.5) is 10.1 Å². The number of halogens is 1. The SMILES string of the molecule is CNc1ccc(C(=O)O[C@]2(C(=O)O)[C@H](C)CC3C4C[C@H](F)C5=CC(=O)C=C[C@]5(C)[C@@]45O[C@H]5C[C@@]32C)cc1. The zero-order chi connectivity index (χ0) is 26.5. The van der Waals surface area contributed by atoms with Gasteiger partial charge in [-0.05, 0) is 80.0 Å². The molecule has 0 radical (unpaired) electrons. The van der Waals surface area contributed by atoms with Crippen LogP contribution < -0.4 is 5.32 Å². The van der Waals surface area contributed by atoms with E-state index in [9.17, 15) is 19.5 Å². The second-order valence-corrected chi connectivity index (χ2v) is 11.9. The second kappa shape index (κ2) is 7.53. The summed E-state index contributed by atoms with van der Waals surface area (Å²) >= 11 is 0. The van der Waals surface area contributed by atoms with Crippen molar-refractivity contribution in [3.05, 3.63) is 53.6 Å². The van der Waals surface area contributed by atoms with Crippen molar-refractivity contribution in [2.45, 2.75) is 63.5 Å². The molecular weight excluding hydrogens is 477 g/mol. The molecule has 7 nitrogen and oxygen atoms in total. The van der Waals surface area contributed by atoms with Gasteiger partial charge in [0.15, 0.2) is 5.78 Å². The number of fused-ring (bicyclic) bond motifs is 3. The highest BCUT2D eigenvalue weighted by Gasteiger charge is 2.84. The number of carbonyl (C=O) groups excluding carboxylic acids is 2. The number of epoxide rings is 1. The van der Waals surface area contributed by atoms with Crippen molar-refractivity contribution in [3.63, 3.8) is 0 Å². The molecule has 1 aromatic carbocycles. The zero-order valence-corrected chi connectivity index (χ0v) is 21.4. The molecule has 0 amide bonds. The lowest BCUT2D eigenvalue weighted by Gasteiger charge is -2.56. The maximum atomic E-state index is 15.7. The van der Waals surface area contributed by atoms with Crippen molar-refractivity contribution in [2.75, 3.05) is 12.4 Å². The first kappa shape index (κ1) is 24.3. The number of hydrogen-bond acceptors (Lipinski definition) is 6. The van der Waals surface area contributed by atoms with Crippen LogP contribution >= 0.6 is 0 Å². The minimum absolute atomic E-state index is 0.154. The van der Waals surface area contributed by atoms with Gasteiger partial charge in [0.1, 0.15) is 11.8 Å². The Balaban J connectivity index is 1.40. The van der Waals surface area contributed by atoms with Crippen LogP contribution in [0.1, 0.15) is 50.4 Å². The molecule has 3 saturated carbocycles. The number of allylic oxidation sites excluding steroid dienone is 2. The normalized spacial score (nSPS) is 45.1. The van der Waals surface area contributed by atoms with Gasteiger partial charge in [0, 0.05) is 29.5 Å². The quantitative estimate of drug-likeness (QED) is 0.459. The molecule has 6 rings (SSSR count). The topological polar surface area (TPSA) is 105 Å². The fourth-order valence-corrected chi connectivity index (χ4v) is 8.65. The molecule has 2 unspecified atom stereocenters. The molecule has 1 spiro atoms. The summed E-state index contributed by atoms with van der Waals surface area (Å²) in [4.78, 5) is 38.5. The Morgan fingerprint density at radius 3 is 2.51 bits per heavy atom. The van der Waals surface area contributed by atoms with Crippen LogP contribution in [-0.4, -0.2) is 53.4 Å². The van der Waals surface area contributed by atoms with Crippen LogP contribution in [0.25, 0.3) is 0 Å². The van der Waals surface area contributed by atoms with E-state index in [0.717, 1.165) is 5.69 Å². The summed E-state index contributed by atoms with van der Waals surface area (Å²) in [6.07, 6.45) is 4.02. The molecule has 196 valence electrons. The summed E-state index contributed by atoms with van der Waals surface area (Å²) in [5.41, 5.74) is -2.67. The van der Waals surface area contributed by atoms with Crippen LogP contribution in [-0.2, 0) is 19.1 Å². The number of aliphatic carboxylic acids is 1. The Bertz CT molecular complexity index is 1270. The number of nitrogens with one attached hydrogen (secondary N) is 1. The van der Waals surface area contributed by atoms with Crippen molar-refractivity contribution >= 4 is 23.4 Å². The summed E-state index contributed by atoms with van der Waals surface area (Å²) < 4.78 is 28.2. The summed E-state index contributed by atoms with van der Waals surface area (Å²) in [6.45, 7) is 5.62. The number of esters is 1. The number of ketones is 1. The zero-order valence-electron chi connectivity index (χ0n) is 21.4. The van der Waals surface area contributed by atoms with Gasteiger partial charge >= 0.3 is 11.9 Å². The van der Waals surface area contributed by atoms with Crippen LogP contribution in [0.3, 0.4) is 0 Å². The summed E-state index contributed by atoms with van der Waals surface area (Å²) in [5.74, 6) is -3.09. The number of rotatable bonds is 4. The number of hydrogen-bond donors (Lipinski definition) is 2. The number of anilines is 1. The standard InChI is InChI=1S/C29H32FNO6/c1-15-11-19-20-13-22(30)21-12-18(32)9-10-26(21,2)29(20)23(36-29)14-27(19,3)28(15,25(34)35)37-24(33)16-5-7-17(31-4)8-6-16/h5-10,12,15,19-20,22-23,31H,11,13-14H2,1-4H3,(H,34,35)/t15-,19?,20?,22+,23+,26+,27+,28+,29-/m1/s1. The predicted octanol–water partition coefficient (Wildman–Crippen LogP) is 4.34. The highest BCUT2D eigenvalue weighted by Crippen LogP contribution is 2.77. The van der Waals surface area contributed by atoms with Crippen molar-refractivity contribution < 1.29 is 33.4 Å². The molecule has 5 aliphatic rings. The van der Waals surface area contributed by atoms with E-state index in [-0.39, 0.29) is 35.7 Å². The summed E-state index contributed by atoms with van der Waals surface area (Å²) in [7, 11) is 1.77. The minimum Gasteiger partial charge on any atom is -0.478 e. The van der Waals surface area contributed by atoms with E-state index in [2.05, 4.69) is 5.32 Å². The molecular formula is C29H32FNO6. The lowest BCUT2D eigenvalue weighted by Crippen LogP contribution is -2.64. The van der Waals surface area contributed by atoms with Gasteiger partial charge in [-0.1, -0.05) is 19.9 Å². The number of carbonyl (C=O) groups is 3. The number of carboxylic acids is 1. The molecule has 4 fully saturated rings. The number of alkyl halides is 1. The van der Waals surface area contributed by atoms with E-state index in [1.54, 1.807) is 37.4 Å². The Labute approximate surface area is 215 Å². The third-order valence-corrected chi connectivity index (χ3v) is 10.4. The van der Waals surface area contributed by atoms with Crippen LogP contribution in [0.5, 0.6) is 0 Å². The van der Waals surface area contributed by atoms with Crippen molar-refractivity contribution in [2.24, 2.45) is 28.6 Å². The number of carboxylic acid groups (broad SMARTS) is 1. The van der Waals surface area contributed by atoms with Crippen LogP contribution in [0.2, 0.25) is 0 Å². The lowest BCUT2D eigenvalue weighted by molar-refractivity contribution is -0.185. The lowest BCUT2D eigenvalue weighted by atomic mass is 9.46. The first-order chi connectivity index (χ1) is 17.4. The maximum absolute atomic E-state index is 15.7. The minimum atomic E-state index is -1.78. The molecule has 1 aliphatic heterocycles. The number of ether oxygens (including phenoxy) is 2. The average Bonchev–Trinajstić information content (AvgIpc) is 3.54. The average molecular weight is 510 g/mol. The number of benzene rings is 1. The highest BCUT2D eigenvalue weighted by atomic mass is 19.1. The van der Waals surface area contributed by atoms with Crippen molar-refractivity contribution in [3.8, 4) is 0 Å². The Morgan fingerprint density at radius 1 is 1.16 bits per heavy atom. The second-order valence-electron chi connectivity index (χ2n) is 11.9. The van der Waals surface area contributed by atoms with E-state index in [4.69, 9.17) is 9.47 Å². The van der Waals surface area contributed by atoms with Gasteiger partial charge in [-0.15, -0.1) is 0 Å². The van der Waals surface area contributed by atoms with Gasteiger partial charge in [0.25, 0.3) is 0 Å². The van der Waals surface area contributed by atoms with E-state index in [1.165, 1.54) is 12.2 Å². The largest absolute Gasteiger partial charge is 0.478 e. The fourth-order valence-electron chi connectivity index (χ4n) is 8.65. The molecule has 1 aromatic rings. The third-order valence-electron chi connectivity index (χ3n) is 10.4. The van der Waals surface area contributed by atoms with Gasteiger partial charge in [0.05, 0.1) is 11.7 Å². The van der Waals surface area contributed by atoms with E-state index < -0.39 is 46.1 Å².